The second-order valence-corrected chi connectivity index (χ2v) is 4.43. The molecule has 0 aliphatic carbocycles. The molecule has 0 saturated carbocycles. The summed E-state index contributed by atoms with van der Waals surface area (Å²) in [6.45, 7) is 8.33. The minimum absolute atomic E-state index is 0.189. The van der Waals surface area contributed by atoms with Gasteiger partial charge in [0, 0.05) is 12.6 Å². The van der Waals surface area contributed by atoms with E-state index in [1.165, 1.54) is 0 Å². The maximum atomic E-state index is 8.99. The molecule has 1 rings (SSSR count). The Morgan fingerprint density at radius 3 is 2.50 bits per heavy atom. The van der Waals surface area contributed by atoms with Gasteiger partial charge in [-0.2, -0.15) is 0 Å². The van der Waals surface area contributed by atoms with E-state index in [1.54, 1.807) is 6.20 Å². The molecule has 1 aromatic rings. The second kappa shape index (κ2) is 5.80. The van der Waals surface area contributed by atoms with Crippen molar-refractivity contribution in [2.45, 2.75) is 40.2 Å². The summed E-state index contributed by atoms with van der Waals surface area (Å²) in [6, 6.07) is 0.237. The molecule has 0 spiro atoms. The highest BCUT2D eigenvalue weighted by Crippen LogP contribution is 2.13. The molecule has 4 nitrogen and oxygen atoms in total. The third-order valence-corrected chi connectivity index (χ3v) is 2.77. The zero-order valence-corrected chi connectivity index (χ0v) is 10.5. The van der Waals surface area contributed by atoms with E-state index in [0.717, 1.165) is 23.6 Å². The van der Waals surface area contributed by atoms with Gasteiger partial charge in [0.15, 0.2) is 0 Å². The van der Waals surface area contributed by atoms with Crippen molar-refractivity contribution in [2.75, 3.05) is 11.9 Å². The van der Waals surface area contributed by atoms with Crippen LogP contribution in [0.25, 0.3) is 0 Å². The van der Waals surface area contributed by atoms with Gasteiger partial charge in [0.2, 0.25) is 0 Å². The molecule has 2 N–H and O–H groups in total. The molecule has 1 heterocycles. The zero-order chi connectivity index (χ0) is 12.1. The summed E-state index contributed by atoms with van der Waals surface area (Å²) in [7, 11) is 0. The molecule has 0 aromatic carbocycles. The minimum Gasteiger partial charge on any atom is -0.396 e. The number of aliphatic hydroxyl groups excluding tert-OH is 1. The van der Waals surface area contributed by atoms with Gasteiger partial charge in [0.25, 0.3) is 0 Å². The van der Waals surface area contributed by atoms with Crippen molar-refractivity contribution < 1.29 is 5.11 Å². The van der Waals surface area contributed by atoms with Gasteiger partial charge in [0.05, 0.1) is 17.6 Å². The van der Waals surface area contributed by atoms with Gasteiger partial charge in [-0.05, 0) is 26.2 Å². The number of aliphatic hydroxyl groups is 1. The van der Waals surface area contributed by atoms with Crippen LogP contribution in [0.4, 0.5) is 5.82 Å². The fraction of sp³-hybridized carbons (Fsp3) is 0.667. The van der Waals surface area contributed by atoms with Gasteiger partial charge >= 0.3 is 0 Å². The lowest BCUT2D eigenvalue weighted by molar-refractivity contribution is 0.267. The molecular formula is C12H21N3O. The van der Waals surface area contributed by atoms with Crippen molar-refractivity contribution in [2.24, 2.45) is 5.92 Å². The Morgan fingerprint density at radius 2 is 2.00 bits per heavy atom. The first kappa shape index (κ1) is 12.9. The number of hydrogen-bond donors (Lipinski definition) is 2. The molecule has 0 aliphatic rings. The third-order valence-electron chi connectivity index (χ3n) is 2.77. The maximum Gasteiger partial charge on any atom is 0.145 e. The van der Waals surface area contributed by atoms with E-state index in [0.29, 0.717) is 5.92 Å². The largest absolute Gasteiger partial charge is 0.396 e. The number of aromatic nitrogens is 2. The van der Waals surface area contributed by atoms with E-state index in [9.17, 15) is 0 Å². The molecule has 0 saturated heterocycles. The average molecular weight is 223 g/mol. The monoisotopic (exact) mass is 223 g/mol. The molecule has 0 radical (unpaired) electrons. The summed E-state index contributed by atoms with van der Waals surface area (Å²) >= 11 is 0. The predicted molar refractivity (Wildman–Crippen MR) is 65.5 cm³/mol. The number of nitrogens with one attached hydrogen (secondary N) is 1. The van der Waals surface area contributed by atoms with Crippen LogP contribution in [0.5, 0.6) is 0 Å². The Hall–Kier alpha value is -1.16. The normalized spacial score (nSPS) is 12.9. The van der Waals surface area contributed by atoms with E-state index in [-0.39, 0.29) is 12.6 Å². The zero-order valence-electron chi connectivity index (χ0n) is 10.5. The molecule has 1 unspecified atom stereocenters. The SMILES string of the molecule is Cc1ncc(NC(CCO)C(C)C)nc1C. The summed E-state index contributed by atoms with van der Waals surface area (Å²) in [5.74, 6) is 1.24. The van der Waals surface area contributed by atoms with Crippen LogP contribution in [-0.4, -0.2) is 27.7 Å². The topological polar surface area (TPSA) is 58.0 Å². The molecule has 0 amide bonds. The van der Waals surface area contributed by atoms with Crippen LogP contribution in [0.1, 0.15) is 31.7 Å². The summed E-state index contributed by atoms with van der Waals surface area (Å²) in [5, 5.41) is 12.3. The number of aryl methyl sites for hydroxylation is 2. The van der Waals surface area contributed by atoms with E-state index in [4.69, 9.17) is 5.11 Å². The van der Waals surface area contributed by atoms with Crippen LogP contribution in [0.3, 0.4) is 0 Å². The van der Waals surface area contributed by atoms with Crippen molar-refractivity contribution in [3.63, 3.8) is 0 Å². The van der Waals surface area contributed by atoms with Crippen molar-refractivity contribution in [1.82, 2.24) is 9.97 Å². The smallest absolute Gasteiger partial charge is 0.145 e. The highest BCUT2D eigenvalue weighted by atomic mass is 16.3. The number of hydrogen-bond acceptors (Lipinski definition) is 4. The van der Waals surface area contributed by atoms with Crippen molar-refractivity contribution in [3.8, 4) is 0 Å². The van der Waals surface area contributed by atoms with Gasteiger partial charge < -0.3 is 10.4 Å². The summed E-state index contributed by atoms with van der Waals surface area (Å²) in [4.78, 5) is 8.69. The van der Waals surface area contributed by atoms with Crippen LogP contribution >= 0.6 is 0 Å². The Balaban J connectivity index is 2.73. The fourth-order valence-corrected chi connectivity index (χ4v) is 1.51. The van der Waals surface area contributed by atoms with Crippen LogP contribution in [0, 0.1) is 19.8 Å². The maximum absolute atomic E-state index is 8.99. The van der Waals surface area contributed by atoms with Crippen LogP contribution in [-0.2, 0) is 0 Å². The summed E-state index contributed by atoms with van der Waals surface area (Å²) in [6.07, 6.45) is 2.47. The standard InChI is InChI=1S/C12H21N3O/c1-8(2)11(5-6-16)15-12-7-13-9(3)10(4)14-12/h7-8,11,16H,5-6H2,1-4H3,(H,14,15). The van der Waals surface area contributed by atoms with Gasteiger partial charge in [-0.1, -0.05) is 13.8 Å². The van der Waals surface area contributed by atoms with Gasteiger partial charge in [0.1, 0.15) is 5.82 Å². The summed E-state index contributed by atoms with van der Waals surface area (Å²) in [5.41, 5.74) is 1.89. The molecule has 1 aromatic heterocycles. The molecule has 90 valence electrons. The van der Waals surface area contributed by atoms with Gasteiger partial charge in [-0.25, -0.2) is 4.98 Å². The number of rotatable bonds is 5. The van der Waals surface area contributed by atoms with Crippen molar-refractivity contribution in [1.29, 1.82) is 0 Å². The number of nitrogens with zero attached hydrogens (tertiary/aromatic N) is 2. The molecule has 0 bridgehead atoms. The average Bonchev–Trinajstić information content (AvgIpc) is 2.22. The van der Waals surface area contributed by atoms with Crippen molar-refractivity contribution in [3.05, 3.63) is 17.6 Å². The van der Waals surface area contributed by atoms with Gasteiger partial charge in [-0.15, -0.1) is 0 Å². The van der Waals surface area contributed by atoms with Crippen LogP contribution < -0.4 is 5.32 Å². The Bertz CT molecular complexity index is 339. The molecular weight excluding hydrogens is 202 g/mol. The van der Waals surface area contributed by atoms with Crippen molar-refractivity contribution >= 4 is 5.82 Å². The lowest BCUT2D eigenvalue weighted by Gasteiger charge is -2.22. The molecule has 4 heteroatoms. The third kappa shape index (κ3) is 3.45. The number of anilines is 1. The quantitative estimate of drug-likeness (QED) is 0.800. The van der Waals surface area contributed by atoms with E-state index < -0.39 is 0 Å². The Morgan fingerprint density at radius 1 is 1.31 bits per heavy atom. The Kier molecular flexibility index (Phi) is 4.68. The molecule has 0 aliphatic heterocycles. The first-order valence-electron chi connectivity index (χ1n) is 5.72. The fourth-order valence-electron chi connectivity index (χ4n) is 1.51. The van der Waals surface area contributed by atoms with E-state index in [2.05, 4.69) is 29.1 Å². The minimum atomic E-state index is 0.189. The van der Waals surface area contributed by atoms with E-state index in [1.807, 2.05) is 13.8 Å². The summed E-state index contributed by atoms with van der Waals surface area (Å²) < 4.78 is 0. The highest BCUT2D eigenvalue weighted by Gasteiger charge is 2.13. The lowest BCUT2D eigenvalue weighted by atomic mass is 10.0. The second-order valence-electron chi connectivity index (χ2n) is 4.43. The Labute approximate surface area is 97.1 Å². The molecule has 1 atom stereocenters. The van der Waals surface area contributed by atoms with E-state index >= 15 is 0 Å². The predicted octanol–water partition coefficient (Wildman–Crippen LogP) is 1.91. The first-order valence-corrected chi connectivity index (χ1v) is 5.72. The highest BCUT2D eigenvalue weighted by molar-refractivity contribution is 5.34. The first-order chi connectivity index (χ1) is 7.54. The molecule has 0 fully saturated rings. The van der Waals surface area contributed by atoms with Crippen LogP contribution in [0.15, 0.2) is 6.20 Å². The molecule has 16 heavy (non-hydrogen) atoms. The van der Waals surface area contributed by atoms with Gasteiger partial charge in [-0.3, -0.25) is 4.98 Å². The van der Waals surface area contributed by atoms with Crippen LogP contribution in [0.2, 0.25) is 0 Å². The lowest BCUT2D eigenvalue weighted by Crippen LogP contribution is -2.27.